The number of aromatic nitrogens is 5. The Morgan fingerprint density at radius 1 is 1.12 bits per heavy atom. The number of amides is 1. The van der Waals surface area contributed by atoms with Crippen molar-refractivity contribution in [3.8, 4) is 11.4 Å². The van der Waals surface area contributed by atoms with Crippen LogP contribution in [0.4, 0.5) is 4.79 Å². The van der Waals surface area contributed by atoms with Crippen LogP contribution in [0.1, 0.15) is 11.4 Å². The summed E-state index contributed by atoms with van der Waals surface area (Å²) in [5, 5.41) is 17.4. The van der Waals surface area contributed by atoms with Gasteiger partial charge in [0.25, 0.3) is 0 Å². The highest BCUT2D eigenvalue weighted by Gasteiger charge is 2.17. The van der Waals surface area contributed by atoms with E-state index < -0.39 is 6.09 Å². The summed E-state index contributed by atoms with van der Waals surface area (Å²) in [6.45, 7) is 0.404. The molecule has 4 aromatic rings. The second kappa shape index (κ2) is 6.67. The molecule has 0 bridgehead atoms. The number of rotatable bonds is 5. The molecule has 1 amide bonds. The van der Waals surface area contributed by atoms with Gasteiger partial charge in [-0.15, -0.1) is 0 Å². The van der Waals surface area contributed by atoms with Crippen molar-refractivity contribution in [3.05, 3.63) is 66.2 Å². The number of carbonyl (C=O) groups is 1. The van der Waals surface area contributed by atoms with Gasteiger partial charge in [-0.2, -0.15) is 5.10 Å². The van der Waals surface area contributed by atoms with E-state index in [1.165, 1.54) is 4.90 Å². The standard InChI is InChI=1S/C18H16N6O2/c25-18(26)24(10-12-5-2-1-3-6-12)11-15-21-17(23-22-15)14-9-20-16-13(14)7-4-8-19-16/h1-9H,10-11H2,(H,19,20)(H,25,26)(H,21,22,23). The largest absolute Gasteiger partial charge is 0.465 e. The molecule has 0 fully saturated rings. The Labute approximate surface area is 148 Å². The van der Waals surface area contributed by atoms with Crippen molar-refractivity contribution in [2.75, 3.05) is 0 Å². The van der Waals surface area contributed by atoms with E-state index in [0.29, 0.717) is 11.6 Å². The molecule has 3 aromatic heterocycles. The maximum atomic E-state index is 11.6. The summed E-state index contributed by atoms with van der Waals surface area (Å²) in [6, 6.07) is 13.2. The van der Waals surface area contributed by atoms with Gasteiger partial charge in [0.05, 0.1) is 6.54 Å². The monoisotopic (exact) mass is 348 g/mol. The van der Waals surface area contributed by atoms with E-state index in [9.17, 15) is 9.90 Å². The summed E-state index contributed by atoms with van der Waals surface area (Å²) in [5.41, 5.74) is 2.49. The molecule has 4 rings (SSSR count). The van der Waals surface area contributed by atoms with E-state index in [2.05, 4.69) is 25.1 Å². The summed E-state index contributed by atoms with van der Waals surface area (Å²) in [7, 11) is 0. The zero-order valence-electron chi connectivity index (χ0n) is 13.8. The quantitative estimate of drug-likeness (QED) is 0.513. The third-order valence-corrected chi connectivity index (χ3v) is 4.05. The fourth-order valence-electron chi connectivity index (χ4n) is 2.80. The third-order valence-electron chi connectivity index (χ3n) is 4.05. The molecule has 0 aliphatic carbocycles. The number of hydrogen-bond donors (Lipinski definition) is 3. The van der Waals surface area contributed by atoms with Crippen LogP contribution in [0.15, 0.2) is 54.9 Å². The highest BCUT2D eigenvalue weighted by molar-refractivity contribution is 5.91. The Hall–Kier alpha value is -3.68. The average molecular weight is 348 g/mol. The lowest BCUT2D eigenvalue weighted by molar-refractivity contribution is 0.138. The second-order valence-electron chi connectivity index (χ2n) is 5.83. The van der Waals surface area contributed by atoms with Crippen LogP contribution in [-0.4, -0.2) is 41.2 Å². The summed E-state index contributed by atoms with van der Waals surface area (Å²) >= 11 is 0. The first-order chi connectivity index (χ1) is 12.7. The van der Waals surface area contributed by atoms with Crippen molar-refractivity contribution in [1.82, 2.24) is 30.0 Å². The van der Waals surface area contributed by atoms with Crippen LogP contribution in [0.25, 0.3) is 22.4 Å². The maximum Gasteiger partial charge on any atom is 0.408 e. The molecule has 130 valence electrons. The SMILES string of the molecule is O=C(O)N(Cc1ccccc1)Cc1nc(-c2c[nH]c3ncccc23)n[nH]1. The molecular weight excluding hydrogens is 332 g/mol. The predicted molar refractivity (Wildman–Crippen MR) is 95.2 cm³/mol. The van der Waals surface area contributed by atoms with E-state index in [0.717, 1.165) is 22.2 Å². The molecule has 0 saturated heterocycles. The van der Waals surface area contributed by atoms with Gasteiger partial charge < -0.3 is 10.1 Å². The summed E-state index contributed by atoms with van der Waals surface area (Å²) in [5.74, 6) is 0.987. The summed E-state index contributed by atoms with van der Waals surface area (Å²) in [4.78, 5) is 24.6. The summed E-state index contributed by atoms with van der Waals surface area (Å²) < 4.78 is 0. The molecule has 0 unspecified atom stereocenters. The first kappa shape index (κ1) is 15.8. The molecule has 26 heavy (non-hydrogen) atoms. The minimum Gasteiger partial charge on any atom is -0.465 e. The molecule has 3 N–H and O–H groups in total. The first-order valence-electron chi connectivity index (χ1n) is 8.06. The Morgan fingerprint density at radius 3 is 2.77 bits per heavy atom. The number of H-pyrrole nitrogens is 2. The van der Waals surface area contributed by atoms with Gasteiger partial charge in [-0.3, -0.25) is 10.00 Å². The molecule has 0 radical (unpaired) electrons. The molecular formula is C18H16N6O2. The van der Waals surface area contributed by atoms with Gasteiger partial charge in [0.1, 0.15) is 11.5 Å². The van der Waals surface area contributed by atoms with E-state index in [1.54, 1.807) is 12.4 Å². The number of fused-ring (bicyclic) bond motifs is 1. The Morgan fingerprint density at radius 2 is 1.96 bits per heavy atom. The van der Waals surface area contributed by atoms with Crippen LogP contribution < -0.4 is 0 Å². The lowest BCUT2D eigenvalue weighted by atomic mass is 10.2. The van der Waals surface area contributed by atoms with Crippen molar-refractivity contribution >= 4 is 17.1 Å². The molecule has 1 aromatic carbocycles. The lowest BCUT2D eigenvalue weighted by Crippen LogP contribution is -2.28. The van der Waals surface area contributed by atoms with E-state index in [-0.39, 0.29) is 13.1 Å². The molecule has 3 heterocycles. The van der Waals surface area contributed by atoms with E-state index in [1.807, 2.05) is 42.5 Å². The molecule has 8 nitrogen and oxygen atoms in total. The lowest BCUT2D eigenvalue weighted by Gasteiger charge is -2.17. The molecule has 0 aliphatic rings. The number of carboxylic acid groups (broad SMARTS) is 1. The molecule has 0 saturated carbocycles. The fourth-order valence-corrected chi connectivity index (χ4v) is 2.80. The number of benzene rings is 1. The van der Waals surface area contributed by atoms with Crippen molar-refractivity contribution in [2.45, 2.75) is 13.1 Å². The van der Waals surface area contributed by atoms with Gasteiger partial charge in [-0.25, -0.2) is 14.8 Å². The smallest absolute Gasteiger partial charge is 0.408 e. The second-order valence-corrected chi connectivity index (χ2v) is 5.83. The Kier molecular flexibility index (Phi) is 4.06. The number of hydrogen-bond acceptors (Lipinski definition) is 4. The van der Waals surface area contributed by atoms with Crippen LogP contribution in [0, 0.1) is 0 Å². The number of nitrogens with zero attached hydrogens (tertiary/aromatic N) is 4. The molecule has 8 heteroatoms. The zero-order chi connectivity index (χ0) is 17.9. The van der Waals surface area contributed by atoms with Crippen LogP contribution in [0.2, 0.25) is 0 Å². The highest BCUT2D eigenvalue weighted by Crippen LogP contribution is 2.24. The normalized spacial score (nSPS) is 10.9. The van der Waals surface area contributed by atoms with Crippen LogP contribution >= 0.6 is 0 Å². The average Bonchev–Trinajstić information content (AvgIpc) is 3.28. The fraction of sp³-hybridized carbons (Fsp3) is 0.111. The number of pyridine rings is 1. The molecule has 0 spiro atoms. The van der Waals surface area contributed by atoms with E-state index >= 15 is 0 Å². The first-order valence-corrected chi connectivity index (χ1v) is 8.06. The molecule has 0 atom stereocenters. The zero-order valence-corrected chi connectivity index (χ0v) is 13.8. The number of nitrogens with one attached hydrogen (secondary N) is 2. The van der Waals surface area contributed by atoms with E-state index in [4.69, 9.17) is 0 Å². The highest BCUT2D eigenvalue weighted by atomic mass is 16.4. The Bertz CT molecular complexity index is 1040. The Balaban J connectivity index is 1.56. The van der Waals surface area contributed by atoms with Gasteiger partial charge in [-0.05, 0) is 17.7 Å². The van der Waals surface area contributed by atoms with Crippen molar-refractivity contribution in [1.29, 1.82) is 0 Å². The van der Waals surface area contributed by atoms with Crippen molar-refractivity contribution < 1.29 is 9.90 Å². The predicted octanol–water partition coefficient (Wildman–Crippen LogP) is 3.03. The third kappa shape index (κ3) is 3.12. The number of aromatic amines is 2. The van der Waals surface area contributed by atoms with Crippen molar-refractivity contribution in [3.63, 3.8) is 0 Å². The topological polar surface area (TPSA) is 111 Å². The van der Waals surface area contributed by atoms with Crippen molar-refractivity contribution in [2.24, 2.45) is 0 Å². The van der Waals surface area contributed by atoms with Gasteiger partial charge in [-0.1, -0.05) is 30.3 Å². The summed E-state index contributed by atoms with van der Waals surface area (Å²) in [6.07, 6.45) is 2.49. The van der Waals surface area contributed by atoms with Crippen LogP contribution in [0.5, 0.6) is 0 Å². The molecule has 0 aliphatic heterocycles. The van der Waals surface area contributed by atoms with Gasteiger partial charge in [0.2, 0.25) is 0 Å². The van der Waals surface area contributed by atoms with Gasteiger partial charge >= 0.3 is 6.09 Å². The maximum absolute atomic E-state index is 11.6. The van der Waals surface area contributed by atoms with Crippen LogP contribution in [-0.2, 0) is 13.1 Å². The minimum atomic E-state index is -1.01. The minimum absolute atomic E-state index is 0.123. The van der Waals surface area contributed by atoms with Gasteiger partial charge in [0, 0.05) is 29.9 Å². The van der Waals surface area contributed by atoms with Gasteiger partial charge in [0.15, 0.2) is 5.82 Å². The van der Waals surface area contributed by atoms with Crippen LogP contribution in [0.3, 0.4) is 0 Å².